The molecule has 1 aliphatic heterocycles. The highest BCUT2D eigenvalue weighted by atomic mass is 32.2. The zero-order valence-corrected chi connectivity index (χ0v) is 22.5. The summed E-state index contributed by atoms with van der Waals surface area (Å²) < 4.78 is 87.9. The van der Waals surface area contributed by atoms with Gasteiger partial charge in [0.05, 0.1) is 34.6 Å². The van der Waals surface area contributed by atoms with Gasteiger partial charge in [0.15, 0.2) is 0 Å². The Balaban J connectivity index is 1.52. The molecule has 0 spiro atoms. The number of carbonyl (C=O) groups is 1. The van der Waals surface area contributed by atoms with Crippen LogP contribution in [0.2, 0.25) is 0 Å². The molecule has 0 saturated carbocycles. The number of anilines is 1. The van der Waals surface area contributed by atoms with Crippen LogP contribution < -0.4 is 9.64 Å². The molecule has 0 bridgehead atoms. The number of likely N-dealkylation sites (N-methyl/N-ethyl adjacent to an activating group) is 1. The molecule has 0 fully saturated rings. The topological polar surface area (TPSA) is 88.8 Å². The van der Waals surface area contributed by atoms with Gasteiger partial charge in [0.25, 0.3) is 0 Å². The van der Waals surface area contributed by atoms with Crippen LogP contribution in [0.3, 0.4) is 0 Å². The summed E-state index contributed by atoms with van der Waals surface area (Å²) in [5.74, 6) is -2.22. The third kappa shape index (κ3) is 5.78. The molecule has 0 amide bonds. The van der Waals surface area contributed by atoms with Gasteiger partial charge in [-0.25, -0.2) is 21.6 Å². The van der Waals surface area contributed by atoms with Crippen molar-refractivity contribution in [3.8, 4) is 5.75 Å². The molecule has 0 saturated heterocycles. The smallest absolute Gasteiger partial charge is 0.416 e. The summed E-state index contributed by atoms with van der Waals surface area (Å²) in [5, 5.41) is 9.31. The van der Waals surface area contributed by atoms with Gasteiger partial charge in [0.1, 0.15) is 18.2 Å². The number of hydrogen-bond acceptors (Lipinski definition) is 5. The second-order valence-corrected chi connectivity index (χ2v) is 11.5. The fourth-order valence-corrected chi connectivity index (χ4v) is 6.21. The normalized spacial score (nSPS) is 13.9. The quantitative estimate of drug-likeness (QED) is 0.274. The van der Waals surface area contributed by atoms with Crippen molar-refractivity contribution in [3.63, 3.8) is 0 Å². The third-order valence-electron chi connectivity index (χ3n) is 6.78. The Kier molecular flexibility index (Phi) is 7.28. The molecule has 4 aromatic rings. The van der Waals surface area contributed by atoms with E-state index in [-0.39, 0.29) is 28.6 Å². The molecule has 1 aliphatic rings. The lowest BCUT2D eigenvalue weighted by atomic mass is 10.1. The summed E-state index contributed by atoms with van der Waals surface area (Å²) in [6.45, 7) is 1.26. The molecule has 1 aromatic heterocycles. The van der Waals surface area contributed by atoms with Crippen molar-refractivity contribution in [2.45, 2.75) is 12.6 Å². The van der Waals surface area contributed by atoms with Gasteiger partial charge in [-0.05, 0) is 59.7 Å². The van der Waals surface area contributed by atoms with Crippen LogP contribution in [0.25, 0.3) is 17.0 Å². The van der Waals surface area contributed by atoms with Crippen LogP contribution in [0.15, 0.2) is 66.7 Å². The van der Waals surface area contributed by atoms with E-state index >= 15 is 0 Å². The summed E-state index contributed by atoms with van der Waals surface area (Å²) in [6.07, 6.45) is -1.73. The van der Waals surface area contributed by atoms with E-state index < -0.39 is 44.9 Å². The molecule has 1 N–H and O–H groups in total. The summed E-state index contributed by atoms with van der Waals surface area (Å²) in [6, 6.07) is 12.8. The molecule has 0 aliphatic carbocycles. The predicted octanol–water partition coefficient (Wildman–Crippen LogP) is 5.81. The Morgan fingerprint density at radius 1 is 1.07 bits per heavy atom. The summed E-state index contributed by atoms with van der Waals surface area (Å²) in [7, 11) is -2.23. The Morgan fingerprint density at radius 3 is 2.59 bits per heavy atom. The van der Waals surface area contributed by atoms with E-state index in [0.29, 0.717) is 13.2 Å². The lowest BCUT2D eigenvalue weighted by Crippen LogP contribution is -2.28. The third-order valence-corrected chi connectivity index (χ3v) is 8.38. The highest BCUT2D eigenvalue weighted by Gasteiger charge is 2.31. The van der Waals surface area contributed by atoms with Crippen LogP contribution in [0.1, 0.15) is 32.7 Å². The number of ether oxygens (including phenoxy) is 1. The molecule has 214 valence electrons. The maximum atomic E-state index is 13.9. The second-order valence-electron chi connectivity index (χ2n) is 9.65. The molecule has 12 heteroatoms. The SMILES string of the molecule is CN1CCOc2ccc(C=CCS(=O)(=O)n3c(Cc4ccc(F)c(C(=O)O)c4)cc4cc(C(F)(F)F)ccc43)cc21. The van der Waals surface area contributed by atoms with Crippen LogP contribution in [0.5, 0.6) is 5.75 Å². The molecule has 3 aromatic carbocycles. The summed E-state index contributed by atoms with van der Waals surface area (Å²) in [4.78, 5) is 13.4. The Labute approximate surface area is 232 Å². The van der Waals surface area contributed by atoms with Gasteiger partial charge in [-0.15, -0.1) is 0 Å². The molecule has 0 unspecified atom stereocenters. The first-order valence-corrected chi connectivity index (χ1v) is 14.1. The number of fused-ring (bicyclic) bond motifs is 2. The summed E-state index contributed by atoms with van der Waals surface area (Å²) >= 11 is 0. The minimum atomic E-state index is -4.64. The van der Waals surface area contributed by atoms with E-state index in [1.807, 2.05) is 18.0 Å². The summed E-state index contributed by atoms with van der Waals surface area (Å²) in [5.41, 5.74) is 0.461. The Bertz CT molecular complexity index is 1790. The van der Waals surface area contributed by atoms with Crippen LogP contribution >= 0.6 is 0 Å². The number of alkyl halides is 3. The van der Waals surface area contributed by atoms with Gasteiger partial charge in [0.2, 0.25) is 10.0 Å². The van der Waals surface area contributed by atoms with E-state index in [4.69, 9.17) is 4.74 Å². The van der Waals surface area contributed by atoms with Gasteiger partial charge in [-0.1, -0.05) is 24.3 Å². The number of benzene rings is 3. The predicted molar refractivity (Wildman–Crippen MR) is 147 cm³/mol. The fraction of sp³-hybridized carbons (Fsp3) is 0.207. The number of carboxylic acid groups (broad SMARTS) is 1. The van der Waals surface area contributed by atoms with Crippen molar-refractivity contribution in [1.29, 1.82) is 0 Å². The first-order valence-electron chi connectivity index (χ1n) is 12.4. The van der Waals surface area contributed by atoms with Crippen LogP contribution in [0, 0.1) is 5.82 Å². The number of aromatic carboxylic acids is 1. The highest BCUT2D eigenvalue weighted by Crippen LogP contribution is 2.34. The number of hydrogen-bond donors (Lipinski definition) is 1. The van der Waals surface area contributed by atoms with Crippen LogP contribution in [-0.2, 0) is 22.6 Å². The zero-order chi connectivity index (χ0) is 29.5. The van der Waals surface area contributed by atoms with Crippen molar-refractivity contribution < 1.29 is 40.6 Å². The zero-order valence-electron chi connectivity index (χ0n) is 21.7. The molecule has 2 heterocycles. The van der Waals surface area contributed by atoms with E-state index in [9.17, 15) is 35.9 Å². The highest BCUT2D eigenvalue weighted by molar-refractivity contribution is 7.90. The minimum absolute atomic E-state index is 0.0366. The molecule has 7 nitrogen and oxygen atoms in total. The van der Waals surface area contributed by atoms with Crippen molar-refractivity contribution in [2.24, 2.45) is 0 Å². The van der Waals surface area contributed by atoms with E-state index in [1.165, 1.54) is 18.2 Å². The number of nitrogens with zero attached hydrogens (tertiary/aromatic N) is 2. The Hall–Kier alpha value is -4.32. The van der Waals surface area contributed by atoms with Crippen molar-refractivity contribution in [1.82, 2.24) is 3.97 Å². The molecule has 41 heavy (non-hydrogen) atoms. The minimum Gasteiger partial charge on any atom is -0.490 e. The van der Waals surface area contributed by atoms with Crippen LogP contribution in [-0.4, -0.2) is 49.4 Å². The molecule has 0 radical (unpaired) electrons. The van der Waals surface area contributed by atoms with Crippen molar-refractivity contribution in [3.05, 3.63) is 101 Å². The molecule has 5 rings (SSSR count). The number of rotatable bonds is 7. The fourth-order valence-electron chi connectivity index (χ4n) is 4.78. The largest absolute Gasteiger partial charge is 0.490 e. The molecular weight excluding hydrogens is 564 g/mol. The number of carboxylic acids is 1. The standard InChI is InChI=1S/C29H24F4N2O5S/c1-34-10-11-40-27-9-5-18(15-26(27)34)3-2-12-41(38,39)35-22(13-19-4-7-24(30)23(14-19)28(36)37)17-20-16-21(29(31,32)33)6-8-25(20)35/h2-9,14-17H,10-13H2,1H3,(H,36,37). The average molecular weight is 589 g/mol. The van der Waals surface area contributed by atoms with Gasteiger partial charge < -0.3 is 14.7 Å². The molecule has 0 atom stereocenters. The average Bonchev–Trinajstić information content (AvgIpc) is 3.27. The van der Waals surface area contributed by atoms with Gasteiger partial charge in [0, 0.05) is 24.5 Å². The first-order chi connectivity index (χ1) is 19.3. The van der Waals surface area contributed by atoms with E-state index in [1.54, 1.807) is 18.2 Å². The van der Waals surface area contributed by atoms with Gasteiger partial charge in [-0.2, -0.15) is 13.2 Å². The van der Waals surface area contributed by atoms with Gasteiger partial charge in [-0.3, -0.25) is 0 Å². The lowest BCUT2D eigenvalue weighted by molar-refractivity contribution is -0.137. The van der Waals surface area contributed by atoms with Gasteiger partial charge >= 0.3 is 12.1 Å². The second kappa shape index (κ2) is 10.6. The van der Waals surface area contributed by atoms with E-state index in [0.717, 1.165) is 51.3 Å². The molecular formula is C29H24F4N2O5S. The van der Waals surface area contributed by atoms with E-state index in [2.05, 4.69) is 0 Å². The van der Waals surface area contributed by atoms with Crippen LogP contribution in [0.4, 0.5) is 23.2 Å². The monoisotopic (exact) mass is 588 g/mol. The lowest BCUT2D eigenvalue weighted by Gasteiger charge is -2.27. The maximum absolute atomic E-state index is 13.9. The maximum Gasteiger partial charge on any atom is 0.416 e. The van der Waals surface area contributed by atoms with Crippen molar-refractivity contribution in [2.75, 3.05) is 30.9 Å². The van der Waals surface area contributed by atoms with Crippen molar-refractivity contribution >= 4 is 38.7 Å². The first kappa shape index (κ1) is 28.2. The number of halogens is 4. The Morgan fingerprint density at radius 2 is 1.85 bits per heavy atom. The number of aromatic nitrogens is 1.